The molecule has 3 aromatic rings. The van der Waals surface area contributed by atoms with Crippen LogP contribution in [0, 0.1) is 6.57 Å². The number of aromatic nitrogens is 2. The molecule has 170 valence electrons. The van der Waals surface area contributed by atoms with E-state index in [9.17, 15) is 9.59 Å². The lowest BCUT2D eigenvalue weighted by Crippen LogP contribution is -2.40. The van der Waals surface area contributed by atoms with Crippen molar-refractivity contribution in [3.63, 3.8) is 0 Å². The Morgan fingerprint density at radius 1 is 1.27 bits per heavy atom. The Morgan fingerprint density at radius 3 is 2.76 bits per heavy atom. The third kappa shape index (κ3) is 4.78. The maximum atomic E-state index is 13.3. The summed E-state index contributed by atoms with van der Waals surface area (Å²) in [5, 5.41) is 4.12. The van der Waals surface area contributed by atoms with Crippen LogP contribution in [0.5, 0.6) is 0 Å². The molecule has 2 aromatic heterocycles. The molecule has 0 saturated carbocycles. The maximum Gasteiger partial charge on any atom is 0.410 e. The van der Waals surface area contributed by atoms with E-state index in [0.717, 1.165) is 22.2 Å². The highest BCUT2D eigenvalue weighted by Crippen LogP contribution is 2.33. The van der Waals surface area contributed by atoms with Gasteiger partial charge < -0.3 is 15.0 Å². The molecule has 0 radical (unpaired) electrons. The summed E-state index contributed by atoms with van der Waals surface area (Å²) >= 11 is 5.95. The minimum atomic E-state index is -0.592. The fourth-order valence-corrected chi connectivity index (χ4v) is 4.14. The number of nitrogens with one attached hydrogen (secondary N) is 1. The first-order valence-electron chi connectivity index (χ1n) is 10.6. The summed E-state index contributed by atoms with van der Waals surface area (Å²) in [5.74, 6) is 0. The van der Waals surface area contributed by atoms with Gasteiger partial charge in [-0.25, -0.2) is 19.4 Å². The van der Waals surface area contributed by atoms with E-state index in [1.54, 1.807) is 39.9 Å². The van der Waals surface area contributed by atoms with Crippen LogP contribution in [0.3, 0.4) is 0 Å². The van der Waals surface area contributed by atoms with Crippen molar-refractivity contribution in [2.75, 3.05) is 6.54 Å². The first-order valence-corrected chi connectivity index (χ1v) is 10.9. The van der Waals surface area contributed by atoms with Crippen LogP contribution in [-0.2, 0) is 24.2 Å². The molecule has 8 nitrogen and oxygen atoms in total. The van der Waals surface area contributed by atoms with Gasteiger partial charge in [0.15, 0.2) is 5.69 Å². The molecule has 1 aliphatic rings. The summed E-state index contributed by atoms with van der Waals surface area (Å²) < 4.78 is 7.16. The normalized spacial score (nSPS) is 13.4. The van der Waals surface area contributed by atoms with Crippen molar-refractivity contribution < 1.29 is 14.3 Å². The molecule has 2 amide bonds. The third-order valence-corrected chi connectivity index (χ3v) is 5.56. The number of hydrogen-bond donors (Lipinski definition) is 1. The topological polar surface area (TPSA) is 80.8 Å². The van der Waals surface area contributed by atoms with Gasteiger partial charge >= 0.3 is 12.1 Å². The number of pyridine rings is 1. The molecule has 0 spiro atoms. The zero-order valence-corrected chi connectivity index (χ0v) is 19.4. The number of halogens is 1. The number of amides is 2. The first kappa shape index (κ1) is 22.6. The number of ether oxygens (including phenoxy) is 1. The van der Waals surface area contributed by atoms with E-state index >= 15 is 0 Å². The van der Waals surface area contributed by atoms with Gasteiger partial charge in [0.1, 0.15) is 10.8 Å². The third-order valence-electron chi connectivity index (χ3n) is 5.35. The quantitative estimate of drug-likeness (QED) is 0.411. The maximum absolute atomic E-state index is 13.3. The summed E-state index contributed by atoms with van der Waals surface area (Å²) in [6.07, 6.45) is 1.70. The average molecular weight is 466 g/mol. The van der Waals surface area contributed by atoms with Crippen LogP contribution in [0.1, 0.15) is 37.6 Å². The summed E-state index contributed by atoms with van der Waals surface area (Å²) in [6.45, 7) is 13.9. The van der Waals surface area contributed by atoms with E-state index in [0.29, 0.717) is 35.9 Å². The summed E-state index contributed by atoms with van der Waals surface area (Å²) in [5.41, 5.74) is 3.04. The van der Waals surface area contributed by atoms with Gasteiger partial charge in [0, 0.05) is 47.9 Å². The average Bonchev–Trinajstić information content (AvgIpc) is 3.09. The highest BCUT2D eigenvalue weighted by molar-refractivity contribution is 6.29. The predicted octanol–water partition coefficient (Wildman–Crippen LogP) is 5.29. The summed E-state index contributed by atoms with van der Waals surface area (Å²) in [7, 11) is 0. The largest absolute Gasteiger partial charge is 0.444 e. The standard InChI is InChI=1S/C24H24ClN5O3/c1-24(2,3)33-23(32)29-10-8-19-18(14-29)17-6-5-16(26-4)12-20(17)30(19)22(31)28-13-15-7-9-27-21(25)11-15/h5-7,9,11-12H,8,10,13-14H2,1-3H3,(H,28,31). The van der Waals surface area contributed by atoms with Crippen molar-refractivity contribution in [2.24, 2.45) is 0 Å². The molecule has 0 fully saturated rings. The lowest BCUT2D eigenvalue weighted by Gasteiger charge is -2.30. The molecule has 1 aromatic carbocycles. The second-order valence-corrected chi connectivity index (χ2v) is 9.26. The number of fused-ring (bicyclic) bond motifs is 3. The summed E-state index contributed by atoms with van der Waals surface area (Å²) in [4.78, 5) is 35.0. The van der Waals surface area contributed by atoms with Crippen LogP contribution in [0.15, 0.2) is 36.5 Å². The fourth-order valence-electron chi connectivity index (χ4n) is 3.94. The molecule has 0 saturated heterocycles. The van der Waals surface area contributed by atoms with Crippen LogP contribution < -0.4 is 5.32 Å². The Kier molecular flexibility index (Phi) is 6.00. The van der Waals surface area contributed by atoms with Gasteiger partial charge in [0.05, 0.1) is 13.1 Å². The van der Waals surface area contributed by atoms with Gasteiger partial charge in [-0.3, -0.25) is 4.57 Å². The van der Waals surface area contributed by atoms with Crippen LogP contribution in [0.2, 0.25) is 5.15 Å². The van der Waals surface area contributed by atoms with E-state index in [1.807, 2.05) is 26.8 Å². The van der Waals surface area contributed by atoms with E-state index in [1.165, 1.54) is 0 Å². The number of nitrogens with zero attached hydrogens (tertiary/aromatic N) is 4. The van der Waals surface area contributed by atoms with Crippen LogP contribution in [-0.4, -0.2) is 38.7 Å². The second-order valence-electron chi connectivity index (χ2n) is 8.87. The molecule has 1 N–H and O–H groups in total. The second kappa shape index (κ2) is 8.75. The van der Waals surface area contributed by atoms with Gasteiger partial charge in [-0.1, -0.05) is 23.7 Å². The molecule has 0 bridgehead atoms. The molecule has 1 aliphatic heterocycles. The van der Waals surface area contributed by atoms with Crippen LogP contribution in [0.25, 0.3) is 15.7 Å². The molecule has 4 rings (SSSR count). The zero-order valence-electron chi connectivity index (χ0n) is 18.7. The number of rotatable bonds is 2. The van der Waals surface area contributed by atoms with E-state index < -0.39 is 5.60 Å². The smallest absolute Gasteiger partial charge is 0.410 e. The van der Waals surface area contributed by atoms with Gasteiger partial charge in [-0.2, -0.15) is 0 Å². The number of benzene rings is 1. The van der Waals surface area contributed by atoms with E-state index in [2.05, 4.69) is 15.1 Å². The minimum absolute atomic E-state index is 0.280. The molecular weight excluding hydrogens is 442 g/mol. The van der Waals surface area contributed by atoms with E-state index in [-0.39, 0.29) is 18.7 Å². The Hall–Kier alpha value is -3.57. The van der Waals surface area contributed by atoms with Crippen molar-refractivity contribution in [3.8, 4) is 0 Å². The lowest BCUT2D eigenvalue weighted by molar-refractivity contribution is 0.0224. The van der Waals surface area contributed by atoms with Gasteiger partial charge in [-0.15, -0.1) is 0 Å². The van der Waals surface area contributed by atoms with Crippen molar-refractivity contribution in [1.82, 2.24) is 19.8 Å². The molecule has 0 aliphatic carbocycles. The van der Waals surface area contributed by atoms with Crippen LogP contribution >= 0.6 is 11.6 Å². The number of hydrogen-bond acceptors (Lipinski definition) is 4. The monoisotopic (exact) mass is 465 g/mol. The Balaban J connectivity index is 1.68. The molecule has 0 atom stereocenters. The summed E-state index contributed by atoms with van der Waals surface area (Å²) in [6, 6.07) is 8.45. The molecule has 0 unspecified atom stereocenters. The van der Waals surface area contributed by atoms with Crippen molar-refractivity contribution in [3.05, 3.63) is 69.9 Å². The van der Waals surface area contributed by atoms with Gasteiger partial charge in [0.2, 0.25) is 0 Å². The minimum Gasteiger partial charge on any atom is -0.444 e. The Morgan fingerprint density at radius 2 is 2.06 bits per heavy atom. The van der Waals surface area contributed by atoms with Crippen molar-refractivity contribution in [1.29, 1.82) is 0 Å². The van der Waals surface area contributed by atoms with E-state index in [4.69, 9.17) is 22.9 Å². The SMILES string of the molecule is [C-]#[N+]c1ccc2c3c(n(C(=O)NCc4ccnc(Cl)c4)c2c1)CCN(C(=O)OC(C)(C)C)C3. The van der Waals surface area contributed by atoms with Crippen LogP contribution in [0.4, 0.5) is 15.3 Å². The molecule has 3 heterocycles. The van der Waals surface area contributed by atoms with Crippen molar-refractivity contribution in [2.45, 2.75) is 45.9 Å². The Bertz CT molecular complexity index is 1290. The number of carbonyl (C=O) groups excluding carboxylic acids is 2. The molecule has 33 heavy (non-hydrogen) atoms. The lowest BCUT2D eigenvalue weighted by atomic mass is 10.0. The van der Waals surface area contributed by atoms with Gasteiger partial charge in [0.25, 0.3) is 0 Å². The van der Waals surface area contributed by atoms with Gasteiger partial charge in [-0.05, 0) is 44.5 Å². The highest BCUT2D eigenvalue weighted by Gasteiger charge is 2.31. The predicted molar refractivity (Wildman–Crippen MR) is 125 cm³/mol. The Labute approximate surface area is 196 Å². The molecule has 9 heteroatoms. The zero-order chi connectivity index (χ0) is 23.8. The highest BCUT2D eigenvalue weighted by atomic mass is 35.5. The fraction of sp³-hybridized carbons (Fsp3) is 0.333. The molecular formula is C24H24ClN5O3. The van der Waals surface area contributed by atoms with Crippen molar-refractivity contribution >= 4 is 40.3 Å². The number of carbonyl (C=O) groups is 2. The first-order chi connectivity index (χ1) is 15.7.